The lowest BCUT2D eigenvalue weighted by molar-refractivity contribution is 0.608. The number of nitrogens with one attached hydrogen (secondary N) is 1. The van der Waals surface area contributed by atoms with Crippen LogP contribution < -0.4 is 5.32 Å². The van der Waals surface area contributed by atoms with Crippen molar-refractivity contribution in [1.29, 1.82) is 0 Å². The largest absolute Gasteiger partial charge is 0.317 e. The van der Waals surface area contributed by atoms with E-state index in [0.29, 0.717) is 6.04 Å². The first-order chi connectivity index (χ1) is 7.79. The van der Waals surface area contributed by atoms with Gasteiger partial charge in [0.15, 0.2) is 0 Å². The summed E-state index contributed by atoms with van der Waals surface area (Å²) in [5.74, 6) is 0. The Bertz CT molecular complexity index is 349. The van der Waals surface area contributed by atoms with E-state index in [0.717, 1.165) is 6.42 Å². The van der Waals surface area contributed by atoms with Crippen LogP contribution in [0.2, 0.25) is 0 Å². The second-order valence-electron chi connectivity index (χ2n) is 5.06. The van der Waals surface area contributed by atoms with Gasteiger partial charge < -0.3 is 5.32 Å². The Balaban J connectivity index is 0.00000144. The third-order valence-electron chi connectivity index (χ3n) is 3.70. The molecular formula is C15H24ClN. The molecular weight excluding hydrogens is 230 g/mol. The van der Waals surface area contributed by atoms with Crippen molar-refractivity contribution in [2.45, 2.75) is 51.5 Å². The van der Waals surface area contributed by atoms with Crippen molar-refractivity contribution in [2.75, 3.05) is 7.05 Å². The minimum absolute atomic E-state index is 0. The van der Waals surface area contributed by atoms with E-state index < -0.39 is 0 Å². The number of hydrogen-bond donors (Lipinski definition) is 1. The molecule has 0 bridgehead atoms. The van der Waals surface area contributed by atoms with Gasteiger partial charge in [-0.3, -0.25) is 0 Å². The maximum atomic E-state index is 3.31. The fourth-order valence-corrected chi connectivity index (χ4v) is 2.55. The molecule has 0 heterocycles. The molecule has 1 aromatic rings. The normalized spacial score (nSPS) is 16.6. The average Bonchev–Trinajstić information content (AvgIpc) is 2.53. The molecule has 0 amide bonds. The summed E-state index contributed by atoms with van der Waals surface area (Å²) in [5, 5.41) is 3.31. The van der Waals surface area contributed by atoms with Gasteiger partial charge in [-0.25, -0.2) is 0 Å². The Labute approximate surface area is 111 Å². The van der Waals surface area contributed by atoms with E-state index in [1.54, 1.807) is 11.1 Å². The van der Waals surface area contributed by atoms with E-state index in [2.05, 4.69) is 30.4 Å². The van der Waals surface area contributed by atoms with Crippen LogP contribution in [-0.4, -0.2) is 13.1 Å². The van der Waals surface area contributed by atoms with Gasteiger partial charge in [-0.15, -0.1) is 12.4 Å². The molecule has 1 aromatic carbocycles. The van der Waals surface area contributed by atoms with Crippen molar-refractivity contribution in [1.82, 2.24) is 5.32 Å². The standard InChI is InChI=1S/C15H23N.ClH/c1-12(16-2)10-13-8-9-14-6-4-3-5-7-15(14)11-13;/h8-9,11-12,16H,3-7,10H2,1-2H3;1H. The molecule has 0 radical (unpaired) electrons. The highest BCUT2D eigenvalue weighted by atomic mass is 35.5. The van der Waals surface area contributed by atoms with Gasteiger partial charge >= 0.3 is 0 Å². The first-order valence-electron chi connectivity index (χ1n) is 6.57. The van der Waals surface area contributed by atoms with Crippen LogP contribution in [0.1, 0.15) is 42.9 Å². The number of rotatable bonds is 3. The smallest absolute Gasteiger partial charge is 0.00761 e. The molecule has 2 heteroatoms. The number of hydrogen-bond acceptors (Lipinski definition) is 1. The zero-order valence-electron chi connectivity index (χ0n) is 11.0. The lowest BCUT2D eigenvalue weighted by Crippen LogP contribution is -2.23. The van der Waals surface area contributed by atoms with E-state index in [9.17, 15) is 0 Å². The molecule has 0 saturated carbocycles. The summed E-state index contributed by atoms with van der Waals surface area (Å²) >= 11 is 0. The summed E-state index contributed by atoms with van der Waals surface area (Å²) in [4.78, 5) is 0. The zero-order valence-corrected chi connectivity index (χ0v) is 11.8. The fourth-order valence-electron chi connectivity index (χ4n) is 2.55. The Hall–Kier alpha value is -0.530. The number of halogens is 1. The summed E-state index contributed by atoms with van der Waals surface area (Å²) < 4.78 is 0. The Morgan fingerprint density at radius 1 is 1.12 bits per heavy atom. The van der Waals surface area contributed by atoms with Crippen molar-refractivity contribution in [3.8, 4) is 0 Å². The van der Waals surface area contributed by atoms with Crippen LogP contribution in [0, 0.1) is 0 Å². The third-order valence-corrected chi connectivity index (χ3v) is 3.70. The molecule has 1 aliphatic rings. The number of aryl methyl sites for hydroxylation is 2. The fraction of sp³-hybridized carbons (Fsp3) is 0.600. The predicted molar refractivity (Wildman–Crippen MR) is 77.2 cm³/mol. The predicted octanol–water partition coefficient (Wildman–Crippen LogP) is 3.53. The maximum absolute atomic E-state index is 3.31. The Morgan fingerprint density at radius 3 is 2.53 bits per heavy atom. The van der Waals surface area contributed by atoms with Gasteiger partial charge in [0.05, 0.1) is 0 Å². The molecule has 0 fully saturated rings. The molecule has 1 nitrogen and oxygen atoms in total. The molecule has 1 N–H and O–H groups in total. The van der Waals surface area contributed by atoms with Crippen molar-refractivity contribution in [2.24, 2.45) is 0 Å². The van der Waals surface area contributed by atoms with Crippen LogP contribution in [0.15, 0.2) is 18.2 Å². The third kappa shape index (κ3) is 4.01. The minimum Gasteiger partial charge on any atom is -0.317 e. The lowest BCUT2D eigenvalue weighted by Gasteiger charge is -2.13. The molecule has 0 spiro atoms. The van der Waals surface area contributed by atoms with Gasteiger partial charge in [0, 0.05) is 6.04 Å². The van der Waals surface area contributed by atoms with Crippen LogP contribution in [0.4, 0.5) is 0 Å². The Kier molecular flexibility index (Phi) is 6.01. The Morgan fingerprint density at radius 2 is 1.82 bits per heavy atom. The summed E-state index contributed by atoms with van der Waals surface area (Å²) in [7, 11) is 2.04. The molecule has 1 unspecified atom stereocenters. The molecule has 0 aromatic heterocycles. The van der Waals surface area contributed by atoms with Crippen molar-refractivity contribution in [3.63, 3.8) is 0 Å². The highest BCUT2D eigenvalue weighted by Crippen LogP contribution is 2.22. The van der Waals surface area contributed by atoms with Crippen LogP contribution in [0.25, 0.3) is 0 Å². The molecule has 96 valence electrons. The summed E-state index contributed by atoms with van der Waals surface area (Å²) in [6.45, 7) is 2.24. The average molecular weight is 254 g/mol. The minimum atomic E-state index is 0. The first kappa shape index (κ1) is 14.5. The highest BCUT2D eigenvalue weighted by Gasteiger charge is 2.09. The summed E-state index contributed by atoms with van der Waals surface area (Å²) in [6, 6.07) is 7.69. The lowest BCUT2D eigenvalue weighted by atomic mass is 9.97. The van der Waals surface area contributed by atoms with E-state index in [4.69, 9.17) is 0 Å². The van der Waals surface area contributed by atoms with E-state index in [1.165, 1.54) is 37.7 Å². The van der Waals surface area contributed by atoms with Gasteiger partial charge in [-0.2, -0.15) is 0 Å². The topological polar surface area (TPSA) is 12.0 Å². The van der Waals surface area contributed by atoms with E-state index >= 15 is 0 Å². The summed E-state index contributed by atoms with van der Waals surface area (Å²) in [6.07, 6.45) is 7.87. The van der Waals surface area contributed by atoms with Crippen LogP contribution in [0.5, 0.6) is 0 Å². The summed E-state index contributed by atoms with van der Waals surface area (Å²) in [5.41, 5.74) is 4.69. The highest BCUT2D eigenvalue weighted by molar-refractivity contribution is 5.85. The van der Waals surface area contributed by atoms with Crippen LogP contribution >= 0.6 is 12.4 Å². The molecule has 17 heavy (non-hydrogen) atoms. The molecule has 0 aliphatic heterocycles. The van der Waals surface area contributed by atoms with E-state index in [1.807, 2.05) is 7.05 Å². The van der Waals surface area contributed by atoms with Crippen LogP contribution in [0.3, 0.4) is 0 Å². The van der Waals surface area contributed by atoms with Crippen molar-refractivity contribution < 1.29 is 0 Å². The molecule has 1 atom stereocenters. The van der Waals surface area contributed by atoms with E-state index in [-0.39, 0.29) is 12.4 Å². The SMILES string of the molecule is CNC(C)Cc1ccc2c(c1)CCCCC2.Cl. The molecule has 1 aliphatic carbocycles. The van der Waals surface area contributed by atoms with Gasteiger partial charge in [0.1, 0.15) is 0 Å². The van der Waals surface area contributed by atoms with Crippen LogP contribution in [-0.2, 0) is 19.3 Å². The quantitative estimate of drug-likeness (QED) is 0.813. The van der Waals surface area contributed by atoms with Crippen molar-refractivity contribution in [3.05, 3.63) is 34.9 Å². The monoisotopic (exact) mass is 253 g/mol. The number of fused-ring (bicyclic) bond motifs is 1. The molecule has 0 saturated heterocycles. The van der Waals surface area contributed by atoms with Gasteiger partial charge in [0.2, 0.25) is 0 Å². The number of benzene rings is 1. The second kappa shape index (κ2) is 7.03. The van der Waals surface area contributed by atoms with Gasteiger partial charge in [0.25, 0.3) is 0 Å². The van der Waals surface area contributed by atoms with Gasteiger partial charge in [-0.05, 0) is 62.8 Å². The molecule has 2 rings (SSSR count). The zero-order chi connectivity index (χ0) is 11.4. The second-order valence-corrected chi connectivity index (χ2v) is 5.06. The van der Waals surface area contributed by atoms with Gasteiger partial charge in [-0.1, -0.05) is 24.6 Å². The first-order valence-corrected chi connectivity index (χ1v) is 6.57. The number of likely N-dealkylation sites (N-methyl/N-ethyl adjacent to an activating group) is 1. The maximum Gasteiger partial charge on any atom is 0.00761 e. The van der Waals surface area contributed by atoms with Crippen molar-refractivity contribution >= 4 is 12.4 Å².